The van der Waals surface area contributed by atoms with Gasteiger partial charge in [-0.15, -0.1) is 12.4 Å². The van der Waals surface area contributed by atoms with Crippen molar-refractivity contribution in [3.8, 4) is 0 Å². The minimum Gasteiger partial charge on any atom is -0.355 e. The molecular weight excluding hydrogens is 338 g/mol. The molecule has 134 valence electrons. The predicted molar refractivity (Wildman–Crippen MR) is 102 cm³/mol. The van der Waals surface area contributed by atoms with Crippen LogP contribution in [0.3, 0.4) is 0 Å². The molecule has 1 atom stereocenters. The highest BCUT2D eigenvalue weighted by Gasteiger charge is 2.18. The van der Waals surface area contributed by atoms with E-state index in [9.17, 15) is 9.59 Å². The quantitative estimate of drug-likeness (QED) is 0.826. The molecule has 0 aliphatic heterocycles. The maximum Gasteiger partial charge on any atom is 0.251 e. The summed E-state index contributed by atoms with van der Waals surface area (Å²) in [7, 11) is 3.33. The number of halogens is 1. The van der Waals surface area contributed by atoms with Gasteiger partial charge >= 0.3 is 0 Å². The Morgan fingerprint density at radius 2 is 1.64 bits per heavy atom. The second-order valence-electron chi connectivity index (χ2n) is 5.77. The molecule has 5 nitrogen and oxygen atoms in total. The number of hydrogen-bond acceptors (Lipinski definition) is 3. The maximum absolute atomic E-state index is 12.4. The zero-order valence-corrected chi connectivity index (χ0v) is 15.3. The number of nitrogens with one attached hydrogen (secondary N) is 1. The summed E-state index contributed by atoms with van der Waals surface area (Å²) in [5.41, 5.74) is 8.63. The van der Waals surface area contributed by atoms with Crippen LogP contribution in [0.2, 0.25) is 0 Å². The van der Waals surface area contributed by atoms with Gasteiger partial charge in [-0.1, -0.05) is 42.5 Å². The van der Waals surface area contributed by atoms with Gasteiger partial charge in [-0.3, -0.25) is 9.59 Å². The summed E-state index contributed by atoms with van der Waals surface area (Å²) >= 11 is 0. The Balaban J connectivity index is 0.00000312. The van der Waals surface area contributed by atoms with Crippen molar-refractivity contribution in [2.45, 2.75) is 19.0 Å². The van der Waals surface area contributed by atoms with Crippen LogP contribution in [-0.4, -0.2) is 36.9 Å². The minimum absolute atomic E-state index is 0. The summed E-state index contributed by atoms with van der Waals surface area (Å²) in [6.45, 7) is 0.454. The molecule has 6 heteroatoms. The first kappa shape index (κ1) is 20.7. The molecule has 0 spiro atoms. The molecule has 0 saturated heterocycles. The van der Waals surface area contributed by atoms with Gasteiger partial charge in [-0.2, -0.15) is 0 Å². The van der Waals surface area contributed by atoms with Crippen LogP contribution in [0, 0.1) is 0 Å². The SMILES string of the molecule is CNC(=O)c1ccc(CN(C)C(=O)[C@@H](N)Cc2ccccc2)cc1.Cl. The summed E-state index contributed by atoms with van der Waals surface area (Å²) in [6, 6.07) is 16.3. The molecule has 2 amide bonds. The van der Waals surface area contributed by atoms with E-state index in [1.165, 1.54) is 0 Å². The van der Waals surface area contributed by atoms with Crippen LogP contribution in [0.1, 0.15) is 21.5 Å². The molecule has 25 heavy (non-hydrogen) atoms. The van der Waals surface area contributed by atoms with Gasteiger partial charge in [0.15, 0.2) is 0 Å². The zero-order valence-electron chi connectivity index (χ0n) is 14.4. The third-order valence-electron chi connectivity index (χ3n) is 3.85. The number of benzene rings is 2. The molecule has 2 aromatic rings. The minimum atomic E-state index is -0.567. The van der Waals surface area contributed by atoms with Gasteiger partial charge in [0.2, 0.25) is 5.91 Å². The number of amides is 2. The normalized spacial score (nSPS) is 11.2. The lowest BCUT2D eigenvalue weighted by Gasteiger charge is -2.21. The van der Waals surface area contributed by atoms with E-state index in [0.717, 1.165) is 11.1 Å². The number of carbonyl (C=O) groups excluding carboxylic acids is 2. The highest BCUT2D eigenvalue weighted by molar-refractivity contribution is 5.93. The predicted octanol–water partition coefficient (Wildman–Crippen LogP) is 2.00. The third-order valence-corrected chi connectivity index (χ3v) is 3.85. The van der Waals surface area contributed by atoms with Gasteiger partial charge in [0.05, 0.1) is 6.04 Å². The third kappa shape index (κ3) is 5.89. The molecule has 2 aromatic carbocycles. The van der Waals surface area contributed by atoms with Crippen LogP contribution >= 0.6 is 12.4 Å². The number of nitrogens with zero attached hydrogens (tertiary/aromatic N) is 1. The van der Waals surface area contributed by atoms with E-state index >= 15 is 0 Å². The fraction of sp³-hybridized carbons (Fsp3) is 0.263. The standard InChI is InChI=1S/C19H23N3O2.ClH/c1-21-18(23)16-10-8-15(9-11-16)13-22(2)19(24)17(20)12-14-6-4-3-5-7-14;/h3-11,17H,12-13,20H2,1-2H3,(H,21,23);1H/t17-;/m0./s1. The Morgan fingerprint density at radius 3 is 2.20 bits per heavy atom. The Hall–Kier alpha value is -2.37. The van der Waals surface area contributed by atoms with Gasteiger partial charge in [0.25, 0.3) is 5.91 Å². The molecule has 2 rings (SSSR count). The molecule has 0 saturated carbocycles. The van der Waals surface area contributed by atoms with E-state index in [4.69, 9.17) is 5.73 Å². The lowest BCUT2D eigenvalue weighted by molar-refractivity contribution is -0.131. The topological polar surface area (TPSA) is 75.4 Å². The van der Waals surface area contributed by atoms with Gasteiger partial charge < -0.3 is 16.0 Å². The highest BCUT2D eigenvalue weighted by atomic mass is 35.5. The molecule has 0 heterocycles. The fourth-order valence-electron chi connectivity index (χ4n) is 2.50. The largest absolute Gasteiger partial charge is 0.355 e. The molecular formula is C19H24ClN3O2. The highest BCUT2D eigenvalue weighted by Crippen LogP contribution is 2.09. The van der Waals surface area contributed by atoms with Crippen molar-refractivity contribution in [3.05, 3.63) is 71.3 Å². The zero-order chi connectivity index (χ0) is 17.5. The first-order chi connectivity index (χ1) is 11.5. The summed E-state index contributed by atoms with van der Waals surface area (Å²) in [5.74, 6) is -0.231. The summed E-state index contributed by atoms with van der Waals surface area (Å²) < 4.78 is 0. The lowest BCUT2D eigenvalue weighted by atomic mass is 10.1. The van der Waals surface area contributed by atoms with Crippen LogP contribution in [0.4, 0.5) is 0 Å². The van der Waals surface area contributed by atoms with Crippen LogP contribution in [-0.2, 0) is 17.8 Å². The van der Waals surface area contributed by atoms with Crippen molar-refractivity contribution in [3.63, 3.8) is 0 Å². The van der Waals surface area contributed by atoms with Crippen LogP contribution in [0.5, 0.6) is 0 Å². The molecule has 0 fully saturated rings. The molecule has 0 radical (unpaired) electrons. The average Bonchev–Trinajstić information content (AvgIpc) is 2.61. The molecule has 0 aliphatic rings. The van der Waals surface area contributed by atoms with E-state index in [2.05, 4.69) is 5.32 Å². The van der Waals surface area contributed by atoms with Gasteiger partial charge in [-0.05, 0) is 29.7 Å². The van der Waals surface area contributed by atoms with Crippen molar-refractivity contribution in [2.75, 3.05) is 14.1 Å². The van der Waals surface area contributed by atoms with E-state index in [-0.39, 0.29) is 24.2 Å². The maximum atomic E-state index is 12.4. The smallest absolute Gasteiger partial charge is 0.251 e. The summed E-state index contributed by atoms with van der Waals surface area (Å²) in [5, 5.41) is 2.58. The first-order valence-electron chi connectivity index (χ1n) is 7.86. The van der Waals surface area contributed by atoms with Gasteiger partial charge in [-0.25, -0.2) is 0 Å². The number of hydrogen-bond donors (Lipinski definition) is 2. The van der Waals surface area contributed by atoms with E-state index < -0.39 is 6.04 Å². The number of rotatable bonds is 6. The molecule has 0 aromatic heterocycles. The van der Waals surface area contributed by atoms with Crippen LogP contribution in [0.25, 0.3) is 0 Å². The second kappa shape index (κ2) is 9.81. The van der Waals surface area contributed by atoms with E-state index in [1.807, 2.05) is 42.5 Å². The number of carbonyl (C=O) groups is 2. The van der Waals surface area contributed by atoms with E-state index in [1.54, 1.807) is 31.1 Å². The number of likely N-dealkylation sites (N-methyl/N-ethyl adjacent to an activating group) is 1. The van der Waals surface area contributed by atoms with Crippen LogP contribution < -0.4 is 11.1 Å². The Labute approximate surface area is 154 Å². The van der Waals surface area contributed by atoms with Crippen molar-refractivity contribution in [1.82, 2.24) is 10.2 Å². The Morgan fingerprint density at radius 1 is 1.04 bits per heavy atom. The molecule has 0 unspecified atom stereocenters. The average molecular weight is 362 g/mol. The molecule has 0 aliphatic carbocycles. The van der Waals surface area contributed by atoms with Crippen molar-refractivity contribution in [2.24, 2.45) is 5.73 Å². The molecule has 3 N–H and O–H groups in total. The monoisotopic (exact) mass is 361 g/mol. The van der Waals surface area contributed by atoms with Crippen LogP contribution in [0.15, 0.2) is 54.6 Å². The van der Waals surface area contributed by atoms with Crippen molar-refractivity contribution in [1.29, 1.82) is 0 Å². The second-order valence-corrected chi connectivity index (χ2v) is 5.77. The first-order valence-corrected chi connectivity index (χ1v) is 7.86. The lowest BCUT2D eigenvalue weighted by Crippen LogP contribution is -2.42. The fourth-order valence-corrected chi connectivity index (χ4v) is 2.50. The summed E-state index contributed by atoms with van der Waals surface area (Å²) in [4.78, 5) is 25.5. The van der Waals surface area contributed by atoms with Gasteiger partial charge in [0.1, 0.15) is 0 Å². The summed E-state index contributed by atoms with van der Waals surface area (Å²) in [6.07, 6.45) is 0.514. The van der Waals surface area contributed by atoms with Gasteiger partial charge in [0, 0.05) is 26.2 Å². The number of nitrogens with two attached hydrogens (primary N) is 1. The van der Waals surface area contributed by atoms with Crippen molar-refractivity contribution >= 4 is 24.2 Å². The molecule has 0 bridgehead atoms. The Kier molecular flexibility index (Phi) is 8.11. The Bertz CT molecular complexity index is 690. The van der Waals surface area contributed by atoms with Crippen molar-refractivity contribution < 1.29 is 9.59 Å². The van der Waals surface area contributed by atoms with E-state index in [0.29, 0.717) is 18.5 Å².